The third-order valence-corrected chi connectivity index (χ3v) is 7.32. The van der Waals surface area contributed by atoms with Crippen LogP contribution < -0.4 is 11.1 Å². The van der Waals surface area contributed by atoms with E-state index in [9.17, 15) is 0 Å². The maximum absolute atomic E-state index is 6.45. The fourth-order valence-corrected chi connectivity index (χ4v) is 5.93. The number of nitrogens with one attached hydrogen (secondary N) is 1. The van der Waals surface area contributed by atoms with Crippen molar-refractivity contribution in [3.63, 3.8) is 0 Å². The Morgan fingerprint density at radius 2 is 1.95 bits per heavy atom. The second-order valence-electron chi connectivity index (χ2n) is 8.11. The van der Waals surface area contributed by atoms with Crippen LogP contribution >= 0.6 is 0 Å². The summed E-state index contributed by atoms with van der Waals surface area (Å²) >= 11 is 0. The number of hydrogen-bond donors (Lipinski definition) is 2. The predicted octanol–water partition coefficient (Wildman–Crippen LogP) is 2.86. The van der Waals surface area contributed by atoms with E-state index < -0.39 is 0 Å². The lowest BCUT2D eigenvalue weighted by Gasteiger charge is -2.58. The topological polar surface area (TPSA) is 38.0 Å². The molecule has 3 aliphatic carbocycles. The summed E-state index contributed by atoms with van der Waals surface area (Å²) in [5, 5.41) is 3.94. The van der Waals surface area contributed by atoms with Crippen LogP contribution in [0.4, 0.5) is 0 Å². The van der Waals surface area contributed by atoms with E-state index in [-0.39, 0.29) is 0 Å². The van der Waals surface area contributed by atoms with Gasteiger partial charge in [-0.25, -0.2) is 0 Å². The van der Waals surface area contributed by atoms with Crippen LogP contribution in [-0.4, -0.2) is 18.6 Å². The second-order valence-corrected chi connectivity index (χ2v) is 8.11. The molecule has 2 nitrogen and oxygen atoms in total. The van der Waals surface area contributed by atoms with Crippen LogP contribution in [0.25, 0.3) is 0 Å². The van der Waals surface area contributed by atoms with Gasteiger partial charge in [-0.15, -0.1) is 0 Å². The molecule has 2 unspecified atom stereocenters. The molecule has 0 amide bonds. The molecule has 1 saturated heterocycles. The van der Waals surface area contributed by atoms with Crippen LogP contribution in [0.3, 0.4) is 0 Å². The van der Waals surface area contributed by atoms with E-state index in [1.165, 1.54) is 25.7 Å². The minimum absolute atomic E-state index is 0.311. The van der Waals surface area contributed by atoms with Gasteiger partial charge >= 0.3 is 0 Å². The monoisotopic (exact) mass is 272 g/mol. The van der Waals surface area contributed by atoms with E-state index in [0.29, 0.717) is 22.9 Å². The zero-order chi connectivity index (χ0) is 14.0. The first-order valence-corrected chi connectivity index (χ1v) is 8.41. The van der Waals surface area contributed by atoms with Gasteiger partial charge < -0.3 is 11.1 Å². The Morgan fingerprint density at radius 1 is 1.10 bits per heavy atom. The van der Waals surface area contributed by atoms with Crippen molar-refractivity contribution in [2.75, 3.05) is 6.54 Å². The Bertz CT molecular complexity index is 468. The van der Waals surface area contributed by atoms with Gasteiger partial charge in [-0.3, -0.25) is 0 Å². The third kappa shape index (κ3) is 1.52. The quantitative estimate of drug-likeness (QED) is 0.711. The predicted molar refractivity (Wildman–Crippen MR) is 83.2 cm³/mol. The van der Waals surface area contributed by atoms with Crippen LogP contribution in [0, 0.1) is 28.6 Å². The Hall–Kier alpha value is -0.600. The molecule has 3 N–H and O–H groups in total. The molecule has 20 heavy (non-hydrogen) atoms. The van der Waals surface area contributed by atoms with Crippen molar-refractivity contribution in [3.05, 3.63) is 24.3 Å². The Labute approximate surface area is 122 Å². The summed E-state index contributed by atoms with van der Waals surface area (Å²) in [6.45, 7) is 6.02. The molecule has 1 heterocycles. The molecule has 0 spiro atoms. The highest BCUT2D eigenvalue weighted by molar-refractivity contribution is 5.25. The van der Waals surface area contributed by atoms with Gasteiger partial charge in [-0.2, -0.15) is 0 Å². The first-order chi connectivity index (χ1) is 9.56. The van der Waals surface area contributed by atoms with Crippen molar-refractivity contribution in [1.29, 1.82) is 0 Å². The lowest BCUT2D eigenvalue weighted by molar-refractivity contribution is -0.0246. The molecule has 0 aromatic rings. The number of hydrogen-bond acceptors (Lipinski definition) is 2. The Kier molecular flexibility index (Phi) is 2.75. The van der Waals surface area contributed by atoms with Crippen molar-refractivity contribution in [2.24, 2.45) is 34.3 Å². The highest BCUT2D eigenvalue weighted by Crippen LogP contribution is 2.57. The highest BCUT2D eigenvalue weighted by atomic mass is 15.0. The Morgan fingerprint density at radius 3 is 2.80 bits per heavy atom. The maximum Gasteiger partial charge on any atom is 0.0192 e. The molecule has 3 fully saturated rings. The van der Waals surface area contributed by atoms with Gasteiger partial charge in [0, 0.05) is 24.0 Å². The summed E-state index contributed by atoms with van der Waals surface area (Å²) in [6.07, 6.45) is 14.7. The summed E-state index contributed by atoms with van der Waals surface area (Å²) in [6, 6.07) is 1.04. The summed E-state index contributed by atoms with van der Waals surface area (Å²) in [4.78, 5) is 0. The van der Waals surface area contributed by atoms with Gasteiger partial charge in [0.15, 0.2) is 0 Å². The molecule has 110 valence electrons. The maximum atomic E-state index is 6.45. The first kappa shape index (κ1) is 13.1. The van der Waals surface area contributed by atoms with Gasteiger partial charge in [0.05, 0.1) is 0 Å². The van der Waals surface area contributed by atoms with Crippen LogP contribution in [0.15, 0.2) is 24.3 Å². The second kappa shape index (κ2) is 4.20. The molecule has 4 rings (SSSR count). The lowest BCUT2D eigenvalue weighted by atomic mass is 9.52. The minimum Gasteiger partial charge on any atom is -0.327 e. The summed E-state index contributed by atoms with van der Waals surface area (Å²) in [5.74, 6) is 2.38. The fraction of sp³-hybridized carbons (Fsp3) is 0.778. The number of rotatable bonds is 0. The number of allylic oxidation sites excluding steroid dienone is 3. The largest absolute Gasteiger partial charge is 0.327 e. The van der Waals surface area contributed by atoms with Crippen molar-refractivity contribution in [1.82, 2.24) is 5.32 Å². The standard InChI is InChI=1S/C18H28N2/c1-17-10-4-3-5-12(17)6-7-13-14-8-9-15(19)18(14,2)11-20-16(13)17/h3-5,10,12-16,20H,6-9,11,19H2,1-2H3/t12?,13-,14-,15?,16+,17-,18-/m0/s1. The number of nitrogens with two attached hydrogens (primary N) is 1. The molecule has 2 saturated carbocycles. The summed E-state index contributed by atoms with van der Waals surface area (Å²) in [7, 11) is 0. The van der Waals surface area contributed by atoms with Gasteiger partial charge in [0.1, 0.15) is 0 Å². The van der Waals surface area contributed by atoms with Gasteiger partial charge in [-0.05, 0) is 48.9 Å². The van der Waals surface area contributed by atoms with Crippen molar-refractivity contribution >= 4 is 0 Å². The van der Waals surface area contributed by atoms with E-state index in [0.717, 1.165) is 24.3 Å². The van der Waals surface area contributed by atoms with Gasteiger partial charge in [-0.1, -0.05) is 38.2 Å². The van der Waals surface area contributed by atoms with E-state index in [4.69, 9.17) is 5.73 Å². The van der Waals surface area contributed by atoms with Crippen molar-refractivity contribution < 1.29 is 0 Å². The molecule has 0 radical (unpaired) electrons. The Balaban J connectivity index is 1.68. The molecule has 7 atom stereocenters. The van der Waals surface area contributed by atoms with Crippen LogP contribution in [0.1, 0.15) is 39.5 Å². The van der Waals surface area contributed by atoms with E-state index >= 15 is 0 Å². The summed E-state index contributed by atoms with van der Waals surface area (Å²) in [5.41, 5.74) is 7.09. The zero-order valence-electron chi connectivity index (χ0n) is 12.8. The molecule has 0 aromatic carbocycles. The third-order valence-electron chi connectivity index (χ3n) is 7.32. The first-order valence-electron chi connectivity index (χ1n) is 8.41. The number of fused-ring (bicyclic) bond motifs is 5. The minimum atomic E-state index is 0.311. The SMILES string of the molecule is C[C@]12C=CC=CC1CC[C@@H]1[C@H]2NC[C@]2(C)C(N)CC[C@@H]12. The van der Waals surface area contributed by atoms with Crippen LogP contribution in [0.5, 0.6) is 0 Å². The van der Waals surface area contributed by atoms with Crippen LogP contribution in [0.2, 0.25) is 0 Å². The normalized spacial score (nSPS) is 57.0. The molecule has 0 aromatic heterocycles. The molecular formula is C18H28N2. The molecule has 0 bridgehead atoms. The lowest BCUT2D eigenvalue weighted by Crippen LogP contribution is -2.65. The van der Waals surface area contributed by atoms with Gasteiger partial charge in [0.25, 0.3) is 0 Å². The van der Waals surface area contributed by atoms with E-state index in [1.807, 2.05) is 0 Å². The van der Waals surface area contributed by atoms with E-state index in [1.54, 1.807) is 0 Å². The summed E-state index contributed by atoms with van der Waals surface area (Å²) < 4.78 is 0. The highest BCUT2D eigenvalue weighted by Gasteiger charge is 2.58. The molecule has 1 aliphatic heterocycles. The molecular weight excluding hydrogens is 244 g/mol. The van der Waals surface area contributed by atoms with E-state index in [2.05, 4.69) is 43.5 Å². The number of piperidine rings is 1. The smallest absolute Gasteiger partial charge is 0.0192 e. The van der Waals surface area contributed by atoms with Crippen molar-refractivity contribution in [2.45, 2.75) is 51.6 Å². The fourth-order valence-electron chi connectivity index (χ4n) is 5.93. The van der Waals surface area contributed by atoms with Crippen molar-refractivity contribution in [3.8, 4) is 0 Å². The van der Waals surface area contributed by atoms with Gasteiger partial charge in [0.2, 0.25) is 0 Å². The average Bonchev–Trinajstić information content (AvgIpc) is 2.74. The average molecular weight is 272 g/mol. The molecule has 2 heteroatoms. The van der Waals surface area contributed by atoms with Crippen LogP contribution in [-0.2, 0) is 0 Å². The zero-order valence-corrected chi connectivity index (χ0v) is 12.8. The molecule has 4 aliphatic rings.